The van der Waals surface area contributed by atoms with E-state index < -0.39 is 11.9 Å². The SMILES string of the molecule is CCOC(=O)c1nc(/C=C/c2csc(NC(=O)c3cccn3Cc3ccnc(F)c3)n2)cn1C(C)C. The Balaban J connectivity index is 1.44. The molecule has 0 aliphatic heterocycles. The molecule has 4 aromatic heterocycles. The summed E-state index contributed by atoms with van der Waals surface area (Å²) in [7, 11) is 0. The van der Waals surface area contributed by atoms with Crippen LogP contribution in [0.5, 0.6) is 0 Å². The summed E-state index contributed by atoms with van der Waals surface area (Å²) >= 11 is 1.29. The van der Waals surface area contributed by atoms with Crippen LogP contribution in [0, 0.1) is 5.95 Å². The highest BCUT2D eigenvalue weighted by Crippen LogP contribution is 2.20. The van der Waals surface area contributed by atoms with Crippen molar-refractivity contribution < 1.29 is 18.7 Å². The number of hydrogen-bond acceptors (Lipinski definition) is 7. The molecule has 1 amide bonds. The number of nitrogens with one attached hydrogen (secondary N) is 1. The largest absolute Gasteiger partial charge is 0.460 e. The Kier molecular flexibility index (Phi) is 7.69. The first-order chi connectivity index (χ1) is 17.3. The Morgan fingerprint density at radius 3 is 2.78 bits per heavy atom. The Bertz CT molecular complexity index is 1400. The van der Waals surface area contributed by atoms with Crippen LogP contribution in [0.3, 0.4) is 0 Å². The van der Waals surface area contributed by atoms with E-state index >= 15 is 0 Å². The molecule has 0 spiro atoms. The molecule has 4 aromatic rings. The number of imidazole rings is 1. The molecule has 186 valence electrons. The van der Waals surface area contributed by atoms with Crippen molar-refractivity contribution in [2.24, 2.45) is 0 Å². The topological polar surface area (TPSA) is 104 Å². The predicted octanol–water partition coefficient (Wildman–Crippen LogP) is 4.90. The van der Waals surface area contributed by atoms with Crippen LogP contribution in [0.1, 0.15) is 64.9 Å². The summed E-state index contributed by atoms with van der Waals surface area (Å²) in [5, 5.41) is 5.04. The summed E-state index contributed by atoms with van der Waals surface area (Å²) in [6.45, 7) is 6.27. The lowest BCUT2D eigenvalue weighted by atomic mass is 10.2. The lowest BCUT2D eigenvalue weighted by molar-refractivity contribution is 0.0504. The number of aromatic nitrogens is 5. The highest BCUT2D eigenvalue weighted by atomic mass is 32.1. The number of pyridine rings is 1. The standard InChI is InChI=1S/C25H25FN6O3S/c1-4-35-24(34)22-28-18(14-32(22)16(2)3)7-8-19-15-36-25(29-19)30-23(33)20-6-5-11-31(20)13-17-9-10-27-21(26)12-17/h5-12,14-16H,4,13H2,1-3H3,(H,29,30,33)/b8-7+. The first-order valence-electron chi connectivity index (χ1n) is 11.3. The molecule has 0 bridgehead atoms. The smallest absolute Gasteiger partial charge is 0.374 e. The normalized spacial score (nSPS) is 11.4. The van der Waals surface area contributed by atoms with Gasteiger partial charge in [-0.2, -0.15) is 4.39 Å². The zero-order chi connectivity index (χ0) is 25.7. The van der Waals surface area contributed by atoms with E-state index in [9.17, 15) is 14.0 Å². The summed E-state index contributed by atoms with van der Waals surface area (Å²) in [4.78, 5) is 37.4. The number of carbonyl (C=O) groups is 2. The summed E-state index contributed by atoms with van der Waals surface area (Å²) < 4.78 is 22.0. The molecule has 0 aromatic carbocycles. The maximum atomic E-state index is 13.4. The van der Waals surface area contributed by atoms with Crippen molar-refractivity contribution >= 4 is 40.5 Å². The van der Waals surface area contributed by atoms with E-state index in [4.69, 9.17) is 4.74 Å². The van der Waals surface area contributed by atoms with Crippen LogP contribution in [-0.2, 0) is 11.3 Å². The van der Waals surface area contributed by atoms with Crippen molar-refractivity contribution in [1.82, 2.24) is 24.1 Å². The molecule has 0 saturated heterocycles. The van der Waals surface area contributed by atoms with E-state index in [-0.39, 0.29) is 24.4 Å². The van der Waals surface area contributed by atoms with Crippen LogP contribution in [0.15, 0.2) is 48.2 Å². The summed E-state index contributed by atoms with van der Waals surface area (Å²) in [5.74, 6) is -1.12. The molecular formula is C25H25FN6O3S. The molecule has 0 atom stereocenters. The quantitative estimate of drug-likeness (QED) is 0.255. The number of amides is 1. The van der Waals surface area contributed by atoms with Gasteiger partial charge < -0.3 is 13.9 Å². The van der Waals surface area contributed by atoms with Gasteiger partial charge in [0.1, 0.15) is 5.69 Å². The lowest BCUT2D eigenvalue weighted by Gasteiger charge is -2.09. The number of thiazole rings is 1. The van der Waals surface area contributed by atoms with Crippen molar-refractivity contribution in [1.29, 1.82) is 0 Å². The second kappa shape index (κ2) is 11.1. The van der Waals surface area contributed by atoms with Crippen molar-refractivity contribution in [3.05, 3.63) is 82.7 Å². The van der Waals surface area contributed by atoms with E-state index in [0.717, 1.165) is 0 Å². The van der Waals surface area contributed by atoms with Gasteiger partial charge in [-0.25, -0.2) is 19.7 Å². The summed E-state index contributed by atoms with van der Waals surface area (Å²) in [6, 6.07) is 6.51. The average Bonchev–Trinajstić information content (AvgIpc) is 3.58. The highest BCUT2D eigenvalue weighted by molar-refractivity contribution is 7.14. The Morgan fingerprint density at radius 1 is 1.22 bits per heavy atom. The minimum atomic E-state index is -0.567. The Labute approximate surface area is 211 Å². The molecule has 0 saturated carbocycles. The number of carbonyl (C=O) groups excluding carboxylic acids is 2. The third-order valence-electron chi connectivity index (χ3n) is 5.14. The summed E-state index contributed by atoms with van der Waals surface area (Å²) in [6.07, 6.45) is 8.44. The van der Waals surface area contributed by atoms with E-state index in [2.05, 4.69) is 20.3 Å². The van der Waals surface area contributed by atoms with Crippen molar-refractivity contribution in [2.45, 2.75) is 33.4 Å². The molecule has 9 nitrogen and oxygen atoms in total. The summed E-state index contributed by atoms with van der Waals surface area (Å²) in [5.41, 5.74) is 2.34. The van der Waals surface area contributed by atoms with Gasteiger partial charge in [-0.05, 0) is 62.8 Å². The van der Waals surface area contributed by atoms with Gasteiger partial charge in [0, 0.05) is 36.6 Å². The van der Waals surface area contributed by atoms with Gasteiger partial charge in [0.2, 0.25) is 11.8 Å². The minimum Gasteiger partial charge on any atom is -0.460 e. The molecule has 4 rings (SSSR count). The predicted molar refractivity (Wildman–Crippen MR) is 135 cm³/mol. The molecule has 36 heavy (non-hydrogen) atoms. The van der Waals surface area contributed by atoms with Gasteiger partial charge in [0.05, 0.1) is 18.0 Å². The molecule has 0 aliphatic rings. The average molecular weight is 509 g/mol. The van der Waals surface area contributed by atoms with Crippen LogP contribution in [0.25, 0.3) is 12.2 Å². The molecular weight excluding hydrogens is 483 g/mol. The maximum Gasteiger partial charge on any atom is 0.374 e. The Morgan fingerprint density at radius 2 is 2.03 bits per heavy atom. The molecule has 0 radical (unpaired) electrons. The van der Waals surface area contributed by atoms with Crippen LogP contribution < -0.4 is 5.32 Å². The van der Waals surface area contributed by atoms with Crippen molar-refractivity contribution in [3.8, 4) is 0 Å². The molecule has 1 N–H and O–H groups in total. The number of hydrogen-bond donors (Lipinski definition) is 1. The number of ether oxygens (including phenoxy) is 1. The zero-order valence-electron chi connectivity index (χ0n) is 20.0. The van der Waals surface area contributed by atoms with E-state index in [1.165, 1.54) is 23.6 Å². The van der Waals surface area contributed by atoms with Crippen molar-refractivity contribution in [3.63, 3.8) is 0 Å². The third kappa shape index (κ3) is 5.92. The van der Waals surface area contributed by atoms with Crippen LogP contribution in [-0.4, -0.2) is 42.6 Å². The van der Waals surface area contributed by atoms with Gasteiger partial charge >= 0.3 is 5.97 Å². The maximum absolute atomic E-state index is 13.4. The van der Waals surface area contributed by atoms with Crippen LogP contribution in [0.4, 0.5) is 9.52 Å². The fourth-order valence-corrected chi connectivity index (χ4v) is 4.15. The van der Waals surface area contributed by atoms with Gasteiger partial charge in [-0.1, -0.05) is 0 Å². The van der Waals surface area contributed by atoms with Crippen molar-refractivity contribution in [2.75, 3.05) is 11.9 Å². The number of halogens is 1. The minimum absolute atomic E-state index is 0.0386. The first kappa shape index (κ1) is 25.0. The third-order valence-corrected chi connectivity index (χ3v) is 5.91. The first-order valence-corrected chi connectivity index (χ1v) is 12.2. The van der Waals surface area contributed by atoms with E-state index in [0.29, 0.717) is 34.3 Å². The second-order valence-corrected chi connectivity index (χ2v) is 8.94. The molecule has 0 fully saturated rings. The number of esters is 1. The van der Waals surface area contributed by atoms with Crippen LogP contribution >= 0.6 is 11.3 Å². The number of rotatable bonds is 9. The van der Waals surface area contributed by atoms with Gasteiger partial charge in [-0.3, -0.25) is 10.1 Å². The molecule has 0 aliphatic carbocycles. The molecule has 4 heterocycles. The number of anilines is 1. The number of nitrogens with zero attached hydrogens (tertiary/aromatic N) is 5. The zero-order valence-corrected chi connectivity index (χ0v) is 20.8. The fourth-order valence-electron chi connectivity index (χ4n) is 3.48. The second-order valence-electron chi connectivity index (χ2n) is 8.08. The van der Waals surface area contributed by atoms with E-state index in [1.54, 1.807) is 64.2 Å². The lowest BCUT2D eigenvalue weighted by Crippen LogP contribution is -2.17. The molecule has 11 heteroatoms. The highest BCUT2D eigenvalue weighted by Gasteiger charge is 2.18. The monoisotopic (exact) mass is 508 g/mol. The van der Waals surface area contributed by atoms with Gasteiger partial charge in [0.15, 0.2) is 5.13 Å². The van der Waals surface area contributed by atoms with Gasteiger partial charge in [-0.15, -0.1) is 11.3 Å². The fraction of sp³-hybridized carbons (Fsp3) is 0.240. The molecule has 0 unspecified atom stereocenters. The van der Waals surface area contributed by atoms with E-state index in [1.807, 2.05) is 13.8 Å². The van der Waals surface area contributed by atoms with Crippen LogP contribution in [0.2, 0.25) is 0 Å². The Hall–Kier alpha value is -4.12. The van der Waals surface area contributed by atoms with Gasteiger partial charge in [0.25, 0.3) is 5.91 Å².